The molecule has 0 saturated carbocycles. The zero-order valence-corrected chi connectivity index (χ0v) is 15.1. The molecule has 1 aromatic heterocycles. The number of carbonyl (C=O) groups is 1. The average Bonchev–Trinajstić information content (AvgIpc) is 2.44. The first-order valence-electron chi connectivity index (χ1n) is 7.32. The smallest absolute Gasteiger partial charge is 0.234 e. The van der Waals surface area contributed by atoms with Crippen LogP contribution in [-0.2, 0) is 4.79 Å². The van der Waals surface area contributed by atoms with Crippen LogP contribution < -0.4 is 5.32 Å². The Balaban J connectivity index is 2.83. The van der Waals surface area contributed by atoms with E-state index in [4.69, 9.17) is 0 Å². The van der Waals surface area contributed by atoms with Crippen LogP contribution in [0, 0.1) is 38.0 Å². The van der Waals surface area contributed by atoms with Gasteiger partial charge in [-0.05, 0) is 46.1 Å². The van der Waals surface area contributed by atoms with Gasteiger partial charge in [-0.2, -0.15) is 5.26 Å². The van der Waals surface area contributed by atoms with Gasteiger partial charge in [-0.15, -0.1) is 0 Å². The van der Waals surface area contributed by atoms with Crippen LogP contribution in [-0.4, -0.2) is 26.7 Å². The topological polar surface area (TPSA) is 78.7 Å². The summed E-state index contributed by atoms with van der Waals surface area (Å²) in [7, 11) is 0. The van der Waals surface area contributed by atoms with Gasteiger partial charge < -0.3 is 5.32 Å². The van der Waals surface area contributed by atoms with Crippen molar-refractivity contribution in [2.75, 3.05) is 0 Å². The molecule has 0 radical (unpaired) electrons. The number of carbonyl (C=O) groups excluding carboxylic acids is 1. The van der Waals surface area contributed by atoms with Crippen molar-refractivity contribution in [2.24, 2.45) is 5.92 Å². The molecule has 1 rings (SSSR count). The summed E-state index contributed by atoms with van der Waals surface area (Å²) in [6.45, 7) is 13.2. The van der Waals surface area contributed by atoms with Gasteiger partial charge in [-0.3, -0.25) is 4.79 Å². The molecular weight excluding hydrogens is 296 g/mol. The van der Waals surface area contributed by atoms with Crippen LogP contribution in [0.5, 0.6) is 0 Å². The maximum absolute atomic E-state index is 12.3. The number of rotatable bonds is 5. The van der Waals surface area contributed by atoms with Gasteiger partial charge in [0, 0.05) is 11.4 Å². The molecule has 2 atom stereocenters. The van der Waals surface area contributed by atoms with Crippen LogP contribution in [0.1, 0.15) is 44.6 Å². The Morgan fingerprint density at radius 2 is 1.73 bits per heavy atom. The van der Waals surface area contributed by atoms with Crippen LogP contribution in [0.15, 0.2) is 5.16 Å². The molecule has 0 fully saturated rings. The fraction of sp³-hybridized carbons (Fsp3) is 0.625. The van der Waals surface area contributed by atoms with Gasteiger partial charge in [0.1, 0.15) is 5.54 Å². The maximum atomic E-state index is 12.3. The third kappa shape index (κ3) is 4.20. The Hall–Kier alpha value is -1.61. The van der Waals surface area contributed by atoms with Gasteiger partial charge in [-0.25, -0.2) is 9.97 Å². The predicted molar refractivity (Wildman–Crippen MR) is 88.6 cm³/mol. The summed E-state index contributed by atoms with van der Waals surface area (Å²) in [5.41, 5.74) is 2.04. The third-order valence-corrected chi connectivity index (χ3v) is 4.99. The number of hydrogen-bond donors (Lipinski definition) is 1. The first kappa shape index (κ1) is 18.4. The molecule has 1 aromatic rings. The minimum atomic E-state index is -0.869. The number of nitrogens with one attached hydrogen (secondary N) is 1. The third-order valence-electron chi connectivity index (χ3n) is 4.03. The minimum absolute atomic E-state index is 0.0266. The normalized spacial score (nSPS) is 15.0. The quantitative estimate of drug-likeness (QED) is 0.666. The molecule has 6 heteroatoms. The molecule has 22 heavy (non-hydrogen) atoms. The van der Waals surface area contributed by atoms with Crippen molar-refractivity contribution >= 4 is 17.7 Å². The number of amides is 1. The second-order valence-electron chi connectivity index (χ2n) is 6.02. The maximum Gasteiger partial charge on any atom is 0.234 e. The van der Waals surface area contributed by atoms with Crippen LogP contribution in [0.2, 0.25) is 0 Å². The van der Waals surface area contributed by atoms with Crippen LogP contribution in [0.25, 0.3) is 0 Å². The molecule has 0 spiro atoms. The molecule has 0 bridgehead atoms. The molecule has 0 aliphatic rings. The van der Waals surface area contributed by atoms with E-state index in [2.05, 4.69) is 21.4 Å². The summed E-state index contributed by atoms with van der Waals surface area (Å²) in [6.07, 6.45) is 0. The molecule has 0 saturated heterocycles. The summed E-state index contributed by atoms with van der Waals surface area (Å²) in [6, 6.07) is 2.18. The van der Waals surface area contributed by atoms with Crippen molar-refractivity contribution in [3.05, 3.63) is 17.0 Å². The molecule has 0 aliphatic carbocycles. The molecular formula is C16H24N4OS. The molecule has 120 valence electrons. The summed E-state index contributed by atoms with van der Waals surface area (Å²) in [5.74, 6) is -0.152. The van der Waals surface area contributed by atoms with E-state index < -0.39 is 5.54 Å². The number of aromatic nitrogens is 2. The fourth-order valence-electron chi connectivity index (χ4n) is 1.66. The molecule has 1 heterocycles. The van der Waals surface area contributed by atoms with Crippen LogP contribution >= 0.6 is 11.8 Å². The number of nitriles is 1. The Morgan fingerprint density at radius 1 is 1.23 bits per heavy atom. The highest BCUT2D eigenvalue weighted by Gasteiger charge is 2.32. The van der Waals surface area contributed by atoms with E-state index in [-0.39, 0.29) is 17.1 Å². The average molecular weight is 320 g/mol. The minimum Gasteiger partial charge on any atom is -0.337 e. The van der Waals surface area contributed by atoms with Gasteiger partial charge in [0.15, 0.2) is 5.16 Å². The largest absolute Gasteiger partial charge is 0.337 e. The van der Waals surface area contributed by atoms with E-state index in [1.54, 1.807) is 13.8 Å². The van der Waals surface area contributed by atoms with Crippen LogP contribution in [0.4, 0.5) is 0 Å². The van der Waals surface area contributed by atoms with Gasteiger partial charge in [-0.1, -0.05) is 25.6 Å². The summed E-state index contributed by atoms with van der Waals surface area (Å²) in [4.78, 5) is 21.2. The number of nitrogens with zero attached hydrogens (tertiary/aromatic N) is 3. The Morgan fingerprint density at radius 3 is 2.14 bits per heavy atom. The lowest BCUT2D eigenvalue weighted by Gasteiger charge is -2.28. The van der Waals surface area contributed by atoms with Crippen molar-refractivity contribution in [3.63, 3.8) is 0 Å². The lowest BCUT2D eigenvalue weighted by Crippen LogP contribution is -2.51. The second kappa shape index (κ2) is 7.10. The van der Waals surface area contributed by atoms with E-state index in [9.17, 15) is 10.1 Å². The highest BCUT2D eigenvalue weighted by atomic mass is 32.2. The Kier molecular flexibility index (Phi) is 5.95. The Bertz CT molecular complexity index is 586. The second-order valence-corrected chi connectivity index (χ2v) is 7.33. The zero-order chi connectivity index (χ0) is 17.1. The monoisotopic (exact) mass is 320 g/mol. The standard InChI is InChI=1S/C16H24N4OS/c1-9(2)16(7,8-17)20-14(21)13(6)22-15-18-11(4)10(3)12(5)19-15/h9,13H,1-7H3,(H,20,21). The van der Waals surface area contributed by atoms with Crippen molar-refractivity contribution in [2.45, 2.75) is 64.4 Å². The zero-order valence-electron chi connectivity index (χ0n) is 14.3. The van der Waals surface area contributed by atoms with Gasteiger partial charge >= 0.3 is 0 Å². The predicted octanol–water partition coefficient (Wildman–Crippen LogP) is 2.94. The molecule has 5 nitrogen and oxygen atoms in total. The molecule has 2 unspecified atom stereocenters. The summed E-state index contributed by atoms with van der Waals surface area (Å²) < 4.78 is 0. The highest BCUT2D eigenvalue weighted by molar-refractivity contribution is 8.00. The first-order valence-corrected chi connectivity index (χ1v) is 8.20. The highest BCUT2D eigenvalue weighted by Crippen LogP contribution is 2.23. The van der Waals surface area contributed by atoms with Crippen molar-refractivity contribution in [1.82, 2.24) is 15.3 Å². The number of thioether (sulfide) groups is 1. The van der Waals surface area contributed by atoms with E-state index in [1.165, 1.54) is 11.8 Å². The fourth-order valence-corrected chi connectivity index (χ4v) is 2.53. The summed E-state index contributed by atoms with van der Waals surface area (Å²) >= 11 is 1.31. The van der Waals surface area contributed by atoms with Crippen LogP contribution in [0.3, 0.4) is 0 Å². The lowest BCUT2D eigenvalue weighted by molar-refractivity contribution is -0.121. The lowest BCUT2D eigenvalue weighted by atomic mass is 9.90. The van der Waals surface area contributed by atoms with Crippen molar-refractivity contribution in [1.29, 1.82) is 5.26 Å². The van der Waals surface area contributed by atoms with E-state index in [0.717, 1.165) is 17.0 Å². The van der Waals surface area contributed by atoms with Crippen molar-refractivity contribution < 1.29 is 4.79 Å². The molecule has 1 N–H and O–H groups in total. The van der Waals surface area contributed by atoms with E-state index in [1.807, 2.05) is 34.6 Å². The summed E-state index contributed by atoms with van der Waals surface area (Å²) in [5, 5.41) is 12.3. The van der Waals surface area contributed by atoms with Crippen molar-refractivity contribution in [3.8, 4) is 6.07 Å². The van der Waals surface area contributed by atoms with Gasteiger partial charge in [0.05, 0.1) is 11.3 Å². The first-order chi connectivity index (χ1) is 10.1. The van der Waals surface area contributed by atoms with E-state index >= 15 is 0 Å². The number of hydrogen-bond acceptors (Lipinski definition) is 5. The number of aryl methyl sites for hydroxylation is 2. The molecule has 1 amide bonds. The van der Waals surface area contributed by atoms with E-state index in [0.29, 0.717) is 5.16 Å². The molecule has 0 aliphatic heterocycles. The van der Waals surface area contributed by atoms with Gasteiger partial charge in [0.2, 0.25) is 5.91 Å². The SMILES string of the molecule is Cc1nc(SC(C)C(=O)NC(C)(C#N)C(C)C)nc(C)c1C. The molecule has 0 aromatic carbocycles. The van der Waals surface area contributed by atoms with Gasteiger partial charge in [0.25, 0.3) is 0 Å². The Labute approximate surface area is 136 Å².